The first-order valence-corrected chi connectivity index (χ1v) is 10.0. The Kier molecular flexibility index (Phi) is 4.75. The normalized spacial score (nSPS) is 28.8. The summed E-state index contributed by atoms with van der Waals surface area (Å²) in [6, 6.07) is 5.44. The molecule has 2 heterocycles. The number of nitrogens with two attached hydrogens (primary N) is 1. The van der Waals surface area contributed by atoms with Gasteiger partial charge in [0, 0.05) is 31.1 Å². The van der Waals surface area contributed by atoms with E-state index in [-0.39, 0.29) is 35.6 Å². The van der Waals surface area contributed by atoms with E-state index in [4.69, 9.17) is 5.73 Å². The Balaban J connectivity index is 1.43. The molecule has 1 saturated heterocycles. The quantitative estimate of drug-likeness (QED) is 0.655. The fourth-order valence-corrected chi connectivity index (χ4v) is 4.60. The number of benzene rings is 1. The molecule has 1 aromatic rings. The highest BCUT2D eigenvalue weighted by atomic mass is 16.2. The molecule has 4 rings (SSSR count). The standard InChI is InChI=1S/C21H28N4O3/c1-21(2)13(8-17(21)22)10-23-9-12-4-3-5-14-15(12)11-25(20(14)28)16-6-7-18(26)24-19(16)27/h3-5,13,16-17,23H,6-11,22H2,1-2H3,(H,24,26,27). The van der Waals surface area contributed by atoms with Crippen molar-refractivity contribution in [2.24, 2.45) is 17.1 Å². The van der Waals surface area contributed by atoms with Crippen LogP contribution in [0.4, 0.5) is 0 Å². The minimum Gasteiger partial charge on any atom is -0.327 e. The molecule has 150 valence electrons. The van der Waals surface area contributed by atoms with Crippen LogP contribution in [0.1, 0.15) is 54.6 Å². The number of amides is 3. The lowest BCUT2D eigenvalue weighted by Gasteiger charge is -2.50. The minimum absolute atomic E-state index is 0.127. The number of hydrogen-bond acceptors (Lipinski definition) is 5. The summed E-state index contributed by atoms with van der Waals surface area (Å²) in [5, 5.41) is 5.87. The van der Waals surface area contributed by atoms with Crippen molar-refractivity contribution in [3.05, 3.63) is 34.9 Å². The molecule has 0 aromatic heterocycles. The second-order valence-electron chi connectivity index (χ2n) is 8.83. The molecule has 3 atom stereocenters. The van der Waals surface area contributed by atoms with Gasteiger partial charge >= 0.3 is 0 Å². The molecule has 0 bridgehead atoms. The predicted octanol–water partition coefficient (Wildman–Crippen LogP) is 0.911. The van der Waals surface area contributed by atoms with E-state index in [1.54, 1.807) is 4.90 Å². The SMILES string of the molecule is CC1(C)C(N)CC1CNCc1cccc2c1CN(C1CCC(=O)NC1=O)C2=O. The van der Waals surface area contributed by atoms with E-state index in [1.165, 1.54) is 0 Å². The van der Waals surface area contributed by atoms with E-state index in [2.05, 4.69) is 24.5 Å². The first-order valence-electron chi connectivity index (χ1n) is 10.0. The van der Waals surface area contributed by atoms with Crippen molar-refractivity contribution in [3.63, 3.8) is 0 Å². The predicted molar refractivity (Wildman–Crippen MR) is 104 cm³/mol. The van der Waals surface area contributed by atoms with Gasteiger partial charge in [0.15, 0.2) is 0 Å². The Hall–Kier alpha value is -2.25. The van der Waals surface area contributed by atoms with Crippen molar-refractivity contribution in [2.75, 3.05) is 6.54 Å². The molecule has 4 N–H and O–H groups in total. The van der Waals surface area contributed by atoms with Crippen LogP contribution in [0.5, 0.6) is 0 Å². The molecule has 2 aliphatic heterocycles. The highest BCUT2D eigenvalue weighted by Crippen LogP contribution is 2.44. The van der Waals surface area contributed by atoms with Gasteiger partial charge in [0.2, 0.25) is 11.8 Å². The molecule has 7 nitrogen and oxygen atoms in total. The highest BCUT2D eigenvalue weighted by molar-refractivity contribution is 6.05. The number of fused-ring (bicyclic) bond motifs is 1. The summed E-state index contributed by atoms with van der Waals surface area (Å²) >= 11 is 0. The van der Waals surface area contributed by atoms with Gasteiger partial charge in [0.05, 0.1) is 0 Å². The zero-order valence-electron chi connectivity index (χ0n) is 16.5. The fraction of sp³-hybridized carbons (Fsp3) is 0.571. The largest absolute Gasteiger partial charge is 0.327 e. The van der Waals surface area contributed by atoms with Crippen LogP contribution >= 0.6 is 0 Å². The molecule has 3 unspecified atom stereocenters. The van der Waals surface area contributed by atoms with Gasteiger partial charge < -0.3 is 16.0 Å². The maximum Gasteiger partial charge on any atom is 0.255 e. The Morgan fingerprint density at radius 2 is 2.07 bits per heavy atom. The molecule has 28 heavy (non-hydrogen) atoms. The molecule has 2 fully saturated rings. The van der Waals surface area contributed by atoms with Crippen LogP contribution in [0.3, 0.4) is 0 Å². The number of piperidine rings is 1. The average molecular weight is 384 g/mol. The third-order valence-corrected chi connectivity index (χ3v) is 6.93. The first kappa shape index (κ1) is 19.1. The summed E-state index contributed by atoms with van der Waals surface area (Å²) in [5.41, 5.74) is 8.99. The summed E-state index contributed by atoms with van der Waals surface area (Å²) in [4.78, 5) is 38.1. The lowest BCUT2D eigenvalue weighted by molar-refractivity contribution is -0.136. The van der Waals surface area contributed by atoms with Gasteiger partial charge in [0.25, 0.3) is 5.91 Å². The van der Waals surface area contributed by atoms with Crippen LogP contribution in [-0.4, -0.2) is 41.2 Å². The third-order valence-electron chi connectivity index (χ3n) is 6.93. The van der Waals surface area contributed by atoms with E-state index in [0.717, 1.165) is 24.1 Å². The fourth-order valence-electron chi connectivity index (χ4n) is 4.60. The smallest absolute Gasteiger partial charge is 0.255 e. The van der Waals surface area contributed by atoms with E-state index >= 15 is 0 Å². The molecule has 3 aliphatic rings. The first-order chi connectivity index (χ1) is 13.3. The number of carbonyl (C=O) groups excluding carboxylic acids is 3. The Morgan fingerprint density at radius 1 is 1.29 bits per heavy atom. The van der Waals surface area contributed by atoms with Gasteiger partial charge in [-0.05, 0) is 47.9 Å². The van der Waals surface area contributed by atoms with Crippen molar-refractivity contribution in [3.8, 4) is 0 Å². The minimum atomic E-state index is -0.573. The Bertz CT molecular complexity index is 835. The van der Waals surface area contributed by atoms with E-state index in [0.29, 0.717) is 31.0 Å². The maximum absolute atomic E-state index is 12.9. The van der Waals surface area contributed by atoms with Gasteiger partial charge in [-0.3, -0.25) is 19.7 Å². The number of nitrogens with zero attached hydrogens (tertiary/aromatic N) is 1. The van der Waals surface area contributed by atoms with Gasteiger partial charge in [-0.25, -0.2) is 0 Å². The van der Waals surface area contributed by atoms with Crippen LogP contribution in [0, 0.1) is 11.3 Å². The van der Waals surface area contributed by atoms with Crippen molar-refractivity contribution in [1.82, 2.24) is 15.5 Å². The molecular formula is C21H28N4O3. The van der Waals surface area contributed by atoms with E-state index in [1.807, 2.05) is 18.2 Å². The number of rotatable bonds is 5. The highest BCUT2D eigenvalue weighted by Gasteiger charge is 2.45. The Labute approximate surface area is 165 Å². The van der Waals surface area contributed by atoms with Crippen LogP contribution < -0.4 is 16.4 Å². The van der Waals surface area contributed by atoms with Gasteiger partial charge in [0.1, 0.15) is 6.04 Å². The van der Waals surface area contributed by atoms with Crippen molar-refractivity contribution < 1.29 is 14.4 Å². The number of carbonyl (C=O) groups is 3. The molecule has 0 spiro atoms. The van der Waals surface area contributed by atoms with Crippen LogP contribution in [-0.2, 0) is 22.7 Å². The molecule has 1 aliphatic carbocycles. The van der Waals surface area contributed by atoms with Gasteiger partial charge in [-0.1, -0.05) is 26.0 Å². The average Bonchev–Trinajstić information content (AvgIpc) is 2.99. The molecule has 0 radical (unpaired) electrons. The molecule has 1 aromatic carbocycles. The zero-order valence-corrected chi connectivity index (χ0v) is 16.5. The summed E-state index contributed by atoms with van der Waals surface area (Å²) in [6.07, 6.45) is 1.69. The molecule has 7 heteroatoms. The number of imide groups is 1. The summed E-state index contributed by atoms with van der Waals surface area (Å²) in [6.45, 7) is 6.42. The van der Waals surface area contributed by atoms with Crippen molar-refractivity contribution in [1.29, 1.82) is 0 Å². The lowest BCUT2D eigenvalue weighted by Crippen LogP contribution is -2.57. The monoisotopic (exact) mass is 384 g/mol. The molecule has 3 amide bonds. The molecular weight excluding hydrogens is 356 g/mol. The Morgan fingerprint density at radius 3 is 2.75 bits per heavy atom. The van der Waals surface area contributed by atoms with Gasteiger partial charge in [-0.2, -0.15) is 0 Å². The van der Waals surface area contributed by atoms with E-state index < -0.39 is 6.04 Å². The third kappa shape index (κ3) is 3.12. The van der Waals surface area contributed by atoms with Crippen LogP contribution in [0.15, 0.2) is 18.2 Å². The summed E-state index contributed by atoms with van der Waals surface area (Å²) < 4.78 is 0. The van der Waals surface area contributed by atoms with Crippen LogP contribution in [0.25, 0.3) is 0 Å². The van der Waals surface area contributed by atoms with Crippen molar-refractivity contribution in [2.45, 2.75) is 58.3 Å². The van der Waals surface area contributed by atoms with Gasteiger partial charge in [-0.15, -0.1) is 0 Å². The summed E-state index contributed by atoms with van der Waals surface area (Å²) in [7, 11) is 0. The second-order valence-corrected chi connectivity index (χ2v) is 8.83. The topological polar surface area (TPSA) is 105 Å². The maximum atomic E-state index is 12.9. The number of hydrogen-bond donors (Lipinski definition) is 3. The lowest BCUT2D eigenvalue weighted by atomic mass is 9.59. The zero-order chi connectivity index (χ0) is 20.1. The summed E-state index contributed by atoms with van der Waals surface area (Å²) in [5.74, 6) is -0.215. The number of nitrogens with one attached hydrogen (secondary N) is 2. The molecule has 1 saturated carbocycles. The van der Waals surface area contributed by atoms with E-state index in [9.17, 15) is 14.4 Å². The van der Waals surface area contributed by atoms with Crippen molar-refractivity contribution >= 4 is 17.7 Å². The second kappa shape index (κ2) is 6.97. The van der Waals surface area contributed by atoms with Crippen LogP contribution in [0.2, 0.25) is 0 Å².